The Hall–Kier alpha value is 0.110. The SMILES string of the molecule is CCCCCCCCCCCC(C)OP(=O)(O)O. The minimum absolute atomic E-state index is 0.351. The molecule has 0 aliphatic carbocycles. The maximum absolute atomic E-state index is 10.6. The van der Waals surface area contributed by atoms with Gasteiger partial charge >= 0.3 is 7.82 Å². The quantitative estimate of drug-likeness (QED) is 0.410. The van der Waals surface area contributed by atoms with Crippen LogP contribution in [-0.2, 0) is 9.09 Å². The van der Waals surface area contributed by atoms with Gasteiger partial charge in [-0.25, -0.2) is 4.57 Å². The summed E-state index contributed by atoms with van der Waals surface area (Å²) < 4.78 is 15.2. The molecule has 0 saturated carbocycles. The van der Waals surface area contributed by atoms with Crippen LogP contribution in [0.3, 0.4) is 0 Å². The smallest absolute Gasteiger partial charge is 0.303 e. The third kappa shape index (κ3) is 14.2. The Morgan fingerprint density at radius 3 is 1.83 bits per heavy atom. The third-order valence-corrected chi connectivity index (χ3v) is 3.67. The van der Waals surface area contributed by atoms with Crippen molar-refractivity contribution in [2.75, 3.05) is 0 Å². The summed E-state index contributed by atoms with van der Waals surface area (Å²) in [5.41, 5.74) is 0. The lowest BCUT2D eigenvalue weighted by Gasteiger charge is -2.13. The predicted molar refractivity (Wildman–Crippen MR) is 74.4 cm³/mol. The van der Waals surface area contributed by atoms with Crippen molar-refractivity contribution < 1.29 is 18.9 Å². The van der Waals surface area contributed by atoms with E-state index in [-0.39, 0.29) is 6.10 Å². The molecule has 0 fully saturated rings. The van der Waals surface area contributed by atoms with Gasteiger partial charge in [0.25, 0.3) is 0 Å². The number of unbranched alkanes of at least 4 members (excludes halogenated alkanes) is 8. The van der Waals surface area contributed by atoms with Crippen molar-refractivity contribution in [1.29, 1.82) is 0 Å². The largest absolute Gasteiger partial charge is 0.469 e. The summed E-state index contributed by atoms with van der Waals surface area (Å²) in [7, 11) is -4.30. The molecule has 0 amide bonds. The van der Waals surface area contributed by atoms with Gasteiger partial charge in [0.05, 0.1) is 6.10 Å². The van der Waals surface area contributed by atoms with Gasteiger partial charge in [0.15, 0.2) is 0 Å². The van der Waals surface area contributed by atoms with Crippen LogP contribution in [0.5, 0.6) is 0 Å². The first-order chi connectivity index (χ1) is 8.45. The minimum Gasteiger partial charge on any atom is -0.303 e. The van der Waals surface area contributed by atoms with E-state index in [2.05, 4.69) is 11.4 Å². The highest BCUT2D eigenvalue weighted by Crippen LogP contribution is 2.38. The fourth-order valence-corrected chi connectivity index (χ4v) is 2.60. The number of hydrogen-bond acceptors (Lipinski definition) is 2. The van der Waals surface area contributed by atoms with Crippen molar-refractivity contribution in [3.8, 4) is 0 Å². The van der Waals surface area contributed by atoms with Gasteiger partial charge in [0.1, 0.15) is 0 Å². The van der Waals surface area contributed by atoms with Gasteiger partial charge in [-0.15, -0.1) is 0 Å². The Morgan fingerprint density at radius 2 is 1.39 bits per heavy atom. The van der Waals surface area contributed by atoms with E-state index in [1.807, 2.05) is 0 Å². The van der Waals surface area contributed by atoms with E-state index in [9.17, 15) is 4.57 Å². The zero-order chi connectivity index (χ0) is 13.9. The number of phosphoric acid groups is 1. The summed E-state index contributed by atoms with van der Waals surface area (Å²) in [6, 6.07) is 0. The standard InChI is InChI=1S/C13H29O4P/c1-3-4-5-6-7-8-9-10-11-12-13(2)17-18(14,15)16/h13H,3-12H2,1-2H3,(H2,14,15,16). The second kappa shape index (κ2) is 11.0. The average molecular weight is 280 g/mol. The fourth-order valence-electron chi connectivity index (χ4n) is 2.03. The van der Waals surface area contributed by atoms with Crippen LogP contribution in [0, 0.1) is 0 Å². The van der Waals surface area contributed by atoms with Gasteiger partial charge in [0, 0.05) is 0 Å². The molecule has 0 aliphatic rings. The molecule has 0 rings (SSSR count). The molecule has 0 radical (unpaired) electrons. The molecule has 4 nitrogen and oxygen atoms in total. The van der Waals surface area contributed by atoms with E-state index in [4.69, 9.17) is 9.79 Å². The van der Waals surface area contributed by atoms with Crippen molar-refractivity contribution in [1.82, 2.24) is 0 Å². The molecule has 0 saturated heterocycles. The highest BCUT2D eigenvalue weighted by atomic mass is 31.2. The molecule has 0 heterocycles. The van der Waals surface area contributed by atoms with Crippen LogP contribution >= 0.6 is 7.82 Å². The molecular weight excluding hydrogens is 251 g/mol. The zero-order valence-corrected chi connectivity index (χ0v) is 12.7. The third-order valence-electron chi connectivity index (χ3n) is 3.03. The maximum Gasteiger partial charge on any atom is 0.469 e. The first kappa shape index (κ1) is 18.1. The first-order valence-electron chi connectivity index (χ1n) is 7.19. The van der Waals surface area contributed by atoms with Crippen molar-refractivity contribution >= 4 is 7.82 Å². The van der Waals surface area contributed by atoms with Gasteiger partial charge in [-0.3, -0.25) is 4.52 Å². The molecule has 0 aliphatic heterocycles. The van der Waals surface area contributed by atoms with Gasteiger partial charge < -0.3 is 9.79 Å². The summed E-state index contributed by atoms with van der Waals surface area (Å²) in [4.78, 5) is 17.2. The highest BCUT2D eigenvalue weighted by Gasteiger charge is 2.18. The lowest BCUT2D eigenvalue weighted by atomic mass is 10.1. The summed E-state index contributed by atoms with van der Waals surface area (Å²) in [5, 5.41) is 0. The van der Waals surface area contributed by atoms with Crippen molar-refractivity contribution in [3.63, 3.8) is 0 Å². The lowest BCUT2D eigenvalue weighted by Crippen LogP contribution is -2.05. The normalized spacial score (nSPS) is 13.8. The summed E-state index contributed by atoms with van der Waals surface area (Å²) >= 11 is 0. The zero-order valence-electron chi connectivity index (χ0n) is 11.8. The minimum atomic E-state index is -4.30. The summed E-state index contributed by atoms with van der Waals surface area (Å²) in [6.07, 6.45) is 11.6. The molecule has 0 aromatic carbocycles. The highest BCUT2D eigenvalue weighted by molar-refractivity contribution is 7.46. The van der Waals surface area contributed by atoms with Gasteiger partial charge in [-0.2, -0.15) is 0 Å². The monoisotopic (exact) mass is 280 g/mol. The Morgan fingerprint density at radius 1 is 0.944 bits per heavy atom. The van der Waals surface area contributed by atoms with E-state index in [1.165, 1.54) is 44.9 Å². The van der Waals surface area contributed by atoms with Crippen LogP contribution < -0.4 is 0 Å². The van der Waals surface area contributed by atoms with E-state index in [0.717, 1.165) is 19.3 Å². The van der Waals surface area contributed by atoms with E-state index in [0.29, 0.717) is 0 Å². The molecule has 0 bridgehead atoms. The summed E-state index contributed by atoms with van der Waals surface area (Å²) in [6.45, 7) is 3.94. The topological polar surface area (TPSA) is 66.8 Å². The van der Waals surface area contributed by atoms with Gasteiger partial charge in [0.2, 0.25) is 0 Å². The molecule has 0 aromatic heterocycles. The molecule has 1 atom stereocenters. The number of phosphoric ester groups is 1. The molecule has 1 unspecified atom stereocenters. The van der Waals surface area contributed by atoms with E-state index < -0.39 is 7.82 Å². The Labute approximate surface area is 111 Å². The maximum atomic E-state index is 10.6. The van der Waals surface area contributed by atoms with Crippen LogP contribution in [0.15, 0.2) is 0 Å². The van der Waals surface area contributed by atoms with Crippen LogP contribution in [0.25, 0.3) is 0 Å². The molecule has 18 heavy (non-hydrogen) atoms. The molecule has 0 aromatic rings. The number of hydrogen-bond donors (Lipinski definition) is 2. The second-order valence-electron chi connectivity index (χ2n) is 5.02. The Balaban J connectivity index is 3.22. The molecular formula is C13H29O4P. The van der Waals surface area contributed by atoms with E-state index >= 15 is 0 Å². The van der Waals surface area contributed by atoms with Crippen LogP contribution in [0.2, 0.25) is 0 Å². The molecule has 110 valence electrons. The van der Waals surface area contributed by atoms with E-state index in [1.54, 1.807) is 6.92 Å². The molecule has 5 heteroatoms. The van der Waals surface area contributed by atoms with Crippen LogP contribution in [0.1, 0.15) is 78.1 Å². The van der Waals surface area contributed by atoms with Crippen molar-refractivity contribution in [2.24, 2.45) is 0 Å². The lowest BCUT2D eigenvalue weighted by molar-refractivity contribution is 0.136. The second-order valence-corrected chi connectivity index (χ2v) is 6.22. The average Bonchev–Trinajstić information content (AvgIpc) is 2.24. The molecule has 2 N–H and O–H groups in total. The summed E-state index contributed by atoms with van der Waals surface area (Å²) in [5.74, 6) is 0. The van der Waals surface area contributed by atoms with Crippen molar-refractivity contribution in [2.45, 2.75) is 84.2 Å². The van der Waals surface area contributed by atoms with Gasteiger partial charge in [-0.05, 0) is 13.3 Å². The van der Waals surface area contributed by atoms with Crippen molar-refractivity contribution in [3.05, 3.63) is 0 Å². The van der Waals surface area contributed by atoms with Crippen LogP contribution in [-0.4, -0.2) is 15.9 Å². The number of rotatable bonds is 12. The predicted octanol–water partition coefficient (Wildman–Crippen LogP) is 4.41. The Kier molecular flexibility index (Phi) is 11.0. The van der Waals surface area contributed by atoms with Crippen LogP contribution in [0.4, 0.5) is 0 Å². The first-order valence-corrected chi connectivity index (χ1v) is 8.72. The van der Waals surface area contributed by atoms with Gasteiger partial charge in [-0.1, -0.05) is 64.7 Å². The molecule has 0 spiro atoms. The Bertz CT molecular complexity index is 227. The fraction of sp³-hybridized carbons (Fsp3) is 1.00.